The molecule has 1 amide bonds. The Morgan fingerprint density at radius 3 is 2.80 bits per heavy atom. The maximum Gasteiger partial charge on any atom is 0.255 e. The Hall–Kier alpha value is -2.63. The molecule has 0 saturated carbocycles. The molecule has 0 unspecified atom stereocenters. The Balaban J connectivity index is 2.08. The van der Waals surface area contributed by atoms with Gasteiger partial charge in [0.15, 0.2) is 0 Å². The van der Waals surface area contributed by atoms with Gasteiger partial charge in [-0.1, -0.05) is 0 Å². The van der Waals surface area contributed by atoms with Gasteiger partial charge >= 0.3 is 0 Å². The molecule has 20 heavy (non-hydrogen) atoms. The van der Waals surface area contributed by atoms with Crippen molar-refractivity contribution >= 4 is 17.4 Å². The van der Waals surface area contributed by atoms with Gasteiger partial charge < -0.3 is 15.4 Å². The monoisotopic (exact) mass is 272 g/mol. The van der Waals surface area contributed by atoms with Crippen LogP contribution in [0.3, 0.4) is 0 Å². The van der Waals surface area contributed by atoms with E-state index in [1.165, 1.54) is 0 Å². The van der Waals surface area contributed by atoms with E-state index in [0.29, 0.717) is 22.9 Å². The van der Waals surface area contributed by atoms with Gasteiger partial charge in [-0.05, 0) is 25.1 Å². The van der Waals surface area contributed by atoms with Gasteiger partial charge in [-0.25, -0.2) is 9.97 Å². The zero-order chi connectivity index (χ0) is 14.4. The summed E-state index contributed by atoms with van der Waals surface area (Å²) in [5.74, 6) is 0.966. The second kappa shape index (κ2) is 6.51. The summed E-state index contributed by atoms with van der Waals surface area (Å²) in [6, 6.07) is 6.78. The van der Waals surface area contributed by atoms with Crippen LogP contribution in [0.25, 0.3) is 0 Å². The number of hydrogen-bond acceptors (Lipinski definition) is 5. The van der Waals surface area contributed by atoms with Crippen LogP contribution >= 0.6 is 0 Å². The van der Waals surface area contributed by atoms with Crippen LogP contribution in [-0.2, 0) is 0 Å². The minimum absolute atomic E-state index is 0.210. The number of aromatic nitrogens is 2. The maximum absolute atomic E-state index is 12.1. The van der Waals surface area contributed by atoms with E-state index in [1.54, 1.807) is 43.8 Å². The third kappa shape index (κ3) is 3.44. The predicted octanol–water partition coefficient (Wildman–Crippen LogP) is 2.17. The second-order valence-corrected chi connectivity index (χ2v) is 4.00. The molecule has 0 aliphatic heterocycles. The van der Waals surface area contributed by atoms with Gasteiger partial charge in [0, 0.05) is 24.4 Å². The lowest BCUT2D eigenvalue weighted by Crippen LogP contribution is -2.13. The summed E-state index contributed by atoms with van der Waals surface area (Å²) in [5, 5.41) is 5.83. The van der Waals surface area contributed by atoms with Crippen LogP contribution in [0, 0.1) is 0 Å². The second-order valence-electron chi connectivity index (χ2n) is 4.00. The average Bonchev–Trinajstić information content (AvgIpc) is 2.48. The van der Waals surface area contributed by atoms with Crippen LogP contribution in [0.1, 0.15) is 17.3 Å². The minimum atomic E-state index is -0.210. The van der Waals surface area contributed by atoms with Crippen LogP contribution in [0.2, 0.25) is 0 Å². The quantitative estimate of drug-likeness (QED) is 0.872. The lowest BCUT2D eigenvalue weighted by Gasteiger charge is -2.07. The molecule has 0 bridgehead atoms. The van der Waals surface area contributed by atoms with Gasteiger partial charge in [-0.3, -0.25) is 4.79 Å². The molecule has 6 heteroatoms. The number of pyridine rings is 2. The Kier molecular flexibility index (Phi) is 4.49. The first-order valence-electron chi connectivity index (χ1n) is 6.24. The van der Waals surface area contributed by atoms with E-state index in [0.717, 1.165) is 6.54 Å². The van der Waals surface area contributed by atoms with Crippen molar-refractivity contribution in [1.29, 1.82) is 0 Å². The predicted molar refractivity (Wildman–Crippen MR) is 77.1 cm³/mol. The lowest BCUT2D eigenvalue weighted by molar-refractivity contribution is 0.102. The van der Waals surface area contributed by atoms with Crippen molar-refractivity contribution in [3.05, 3.63) is 42.2 Å². The molecule has 104 valence electrons. The van der Waals surface area contributed by atoms with Crippen molar-refractivity contribution in [2.24, 2.45) is 0 Å². The van der Waals surface area contributed by atoms with Crippen molar-refractivity contribution in [1.82, 2.24) is 9.97 Å². The van der Waals surface area contributed by atoms with E-state index in [4.69, 9.17) is 4.74 Å². The number of amides is 1. The number of nitrogens with zero attached hydrogens (tertiary/aromatic N) is 2. The number of anilines is 2. The SMILES string of the molecule is CCNc1cc(C(=O)Nc2ccc(OC)nc2)ccn1. The van der Waals surface area contributed by atoms with Gasteiger partial charge in [0.2, 0.25) is 5.88 Å². The Morgan fingerprint density at radius 2 is 2.15 bits per heavy atom. The van der Waals surface area contributed by atoms with Crippen LogP contribution in [0.4, 0.5) is 11.5 Å². The van der Waals surface area contributed by atoms with Gasteiger partial charge in [0.05, 0.1) is 19.0 Å². The lowest BCUT2D eigenvalue weighted by atomic mass is 10.2. The Bertz CT molecular complexity index is 584. The van der Waals surface area contributed by atoms with E-state index in [1.807, 2.05) is 6.92 Å². The molecule has 0 fully saturated rings. The molecule has 0 aromatic carbocycles. The first-order chi connectivity index (χ1) is 9.72. The van der Waals surface area contributed by atoms with Crippen LogP contribution < -0.4 is 15.4 Å². The third-order valence-corrected chi connectivity index (χ3v) is 2.58. The summed E-state index contributed by atoms with van der Waals surface area (Å²) in [6.07, 6.45) is 3.14. The van der Waals surface area contributed by atoms with E-state index in [-0.39, 0.29) is 5.91 Å². The average molecular weight is 272 g/mol. The number of ether oxygens (including phenoxy) is 1. The topological polar surface area (TPSA) is 76.1 Å². The fraction of sp³-hybridized carbons (Fsp3) is 0.214. The first kappa shape index (κ1) is 13.8. The summed E-state index contributed by atoms with van der Waals surface area (Å²) in [5.41, 5.74) is 1.14. The van der Waals surface area contributed by atoms with Gasteiger partial charge in [-0.2, -0.15) is 0 Å². The minimum Gasteiger partial charge on any atom is -0.481 e. The highest BCUT2D eigenvalue weighted by molar-refractivity contribution is 6.04. The molecule has 0 spiro atoms. The zero-order valence-corrected chi connectivity index (χ0v) is 11.4. The van der Waals surface area contributed by atoms with Crippen LogP contribution in [-0.4, -0.2) is 29.5 Å². The summed E-state index contributed by atoms with van der Waals surface area (Å²) in [7, 11) is 1.54. The number of carbonyl (C=O) groups is 1. The van der Waals surface area contributed by atoms with E-state index >= 15 is 0 Å². The molecule has 0 aliphatic rings. The summed E-state index contributed by atoms with van der Waals surface area (Å²) >= 11 is 0. The highest BCUT2D eigenvalue weighted by Crippen LogP contribution is 2.13. The van der Waals surface area contributed by atoms with Gasteiger partial charge in [0.1, 0.15) is 5.82 Å². The molecule has 0 saturated heterocycles. The zero-order valence-electron chi connectivity index (χ0n) is 11.4. The number of carbonyl (C=O) groups excluding carboxylic acids is 1. The number of hydrogen-bond donors (Lipinski definition) is 2. The number of nitrogens with one attached hydrogen (secondary N) is 2. The maximum atomic E-state index is 12.1. The summed E-state index contributed by atoms with van der Waals surface area (Å²) in [6.45, 7) is 2.72. The Labute approximate surface area is 117 Å². The molecule has 2 aromatic heterocycles. The molecule has 0 aliphatic carbocycles. The van der Waals surface area contributed by atoms with Crippen LogP contribution in [0.15, 0.2) is 36.7 Å². The third-order valence-electron chi connectivity index (χ3n) is 2.58. The van der Waals surface area contributed by atoms with Crippen molar-refractivity contribution in [3.63, 3.8) is 0 Å². The number of rotatable bonds is 5. The summed E-state index contributed by atoms with van der Waals surface area (Å²) in [4.78, 5) is 20.2. The van der Waals surface area contributed by atoms with E-state index in [9.17, 15) is 4.79 Å². The highest BCUT2D eigenvalue weighted by Gasteiger charge is 2.07. The molecule has 0 radical (unpaired) electrons. The van der Waals surface area contributed by atoms with Crippen molar-refractivity contribution in [2.75, 3.05) is 24.3 Å². The Morgan fingerprint density at radius 1 is 1.30 bits per heavy atom. The van der Waals surface area contributed by atoms with Crippen LogP contribution in [0.5, 0.6) is 5.88 Å². The van der Waals surface area contributed by atoms with Gasteiger partial charge in [-0.15, -0.1) is 0 Å². The molecule has 2 heterocycles. The smallest absolute Gasteiger partial charge is 0.255 e. The van der Waals surface area contributed by atoms with E-state index in [2.05, 4.69) is 20.6 Å². The molecule has 2 N–H and O–H groups in total. The molecule has 0 atom stereocenters. The van der Waals surface area contributed by atoms with Crippen molar-refractivity contribution in [3.8, 4) is 5.88 Å². The van der Waals surface area contributed by atoms with Crippen molar-refractivity contribution < 1.29 is 9.53 Å². The molecular formula is C14H16N4O2. The fourth-order valence-electron chi connectivity index (χ4n) is 1.63. The standard InChI is InChI=1S/C14H16N4O2/c1-3-15-12-8-10(6-7-16-12)14(19)18-11-4-5-13(20-2)17-9-11/h4-9H,3H2,1-2H3,(H,15,16)(H,18,19). The largest absolute Gasteiger partial charge is 0.481 e. The molecule has 6 nitrogen and oxygen atoms in total. The van der Waals surface area contributed by atoms with Crippen molar-refractivity contribution in [2.45, 2.75) is 6.92 Å². The summed E-state index contributed by atoms with van der Waals surface area (Å²) < 4.78 is 4.96. The fourth-order valence-corrected chi connectivity index (χ4v) is 1.63. The molecule has 2 rings (SSSR count). The van der Waals surface area contributed by atoms with E-state index < -0.39 is 0 Å². The number of methoxy groups -OCH3 is 1. The molecule has 2 aromatic rings. The first-order valence-corrected chi connectivity index (χ1v) is 6.24. The molecular weight excluding hydrogens is 256 g/mol. The normalized spacial score (nSPS) is 9.90. The van der Waals surface area contributed by atoms with Gasteiger partial charge in [0.25, 0.3) is 5.91 Å². The highest BCUT2D eigenvalue weighted by atomic mass is 16.5.